The average molecular weight is 284 g/mol. The number of carbonyl (C=O) groups is 1. The van der Waals surface area contributed by atoms with Crippen LogP contribution < -0.4 is 4.74 Å². The molecule has 0 saturated heterocycles. The molecule has 0 atom stereocenters. The second-order valence-electron chi connectivity index (χ2n) is 4.72. The van der Waals surface area contributed by atoms with Crippen molar-refractivity contribution < 1.29 is 18.3 Å². The quantitative estimate of drug-likeness (QED) is 0.680. The van der Waals surface area contributed by atoms with Crippen molar-refractivity contribution in [1.82, 2.24) is 0 Å². The van der Waals surface area contributed by atoms with Crippen LogP contribution in [0.2, 0.25) is 0 Å². The lowest BCUT2D eigenvalue weighted by Crippen LogP contribution is -2.02. The van der Waals surface area contributed by atoms with Crippen molar-refractivity contribution in [3.05, 3.63) is 65.7 Å². The van der Waals surface area contributed by atoms with E-state index in [0.717, 1.165) is 5.56 Å². The number of benzene rings is 2. The van der Waals surface area contributed by atoms with Crippen LogP contribution in [0.3, 0.4) is 0 Å². The minimum atomic E-state index is -0.465. The van der Waals surface area contributed by atoms with E-state index in [2.05, 4.69) is 0 Å². The van der Waals surface area contributed by atoms with Crippen LogP contribution in [-0.4, -0.2) is 12.9 Å². The van der Waals surface area contributed by atoms with Crippen molar-refractivity contribution in [3.63, 3.8) is 0 Å². The molecule has 2 aromatic carbocycles. The molecule has 3 rings (SSSR count). The fourth-order valence-corrected chi connectivity index (χ4v) is 2.22. The van der Waals surface area contributed by atoms with Crippen LogP contribution in [0, 0.1) is 5.82 Å². The van der Waals surface area contributed by atoms with Gasteiger partial charge in [0.05, 0.1) is 7.11 Å². The van der Waals surface area contributed by atoms with Gasteiger partial charge in [-0.1, -0.05) is 24.3 Å². The van der Waals surface area contributed by atoms with E-state index >= 15 is 0 Å². The van der Waals surface area contributed by atoms with E-state index in [4.69, 9.17) is 9.15 Å². The lowest BCUT2D eigenvalue weighted by molar-refractivity contribution is 0.0968. The van der Waals surface area contributed by atoms with Crippen molar-refractivity contribution in [2.45, 2.75) is 6.42 Å². The summed E-state index contributed by atoms with van der Waals surface area (Å²) in [6.07, 6.45) is 0.179. The predicted octanol–water partition coefficient (Wildman–Crippen LogP) is 4.01. The number of hydrogen-bond donors (Lipinski definition) is 0. The van der Waals surface area contributed by atoms with E-state index in [-0.39, 0.29) is 23.5 Å². The van der Waals surface area contributed by atoms with Crippen LogP contribution in [0.1, 0.15) is 16.1 Å². The summed E-state index contributed by atoms with van der Waals surface area (Å²) in [7, 11) is 1.57. The fraction of sp³-hybridized carbons (Fsp3) is 0.118. The fourth-order valence-electron chi connectivity index (χ4n) is 2.22. The van der Waals surface area contributed by atoms with Crippen molar-refractivity contribution in [3.8, 4) is 5.75 Å². The van der Waals surface area contributed by atoms with Gasteiger partial charge in [-0.05, 0) is 29.8 Å². The van der Waals surface area contributed by atoms with Gasteiger partial charge in [-0.25, -0.2) is 4.39 Å². The van der Waals surface area contributed by atoms with Crippen molar-refractivity contribution in [1.29, 1.82) is 0 Å². The van der Waals surface area contributed by atoms with Gasteiger partial charge in [0.1, 0.15) is 5.75 Å². The molecule has 0 N–H and O–H groups in total. The standard InChI is InChI=1S/C17H13FO3/c1-20-13-6-2-4-11(8-13)9-15(19)16-10-12-5-3-7-14(18)17(12)21-16/h2-8,10H,9H2,1H3. The van der Waals surface area contributed by atoms with E-state index in [1.807, 2.05) is 18.2 Å². The lowest BCUT2D eigenvalue weighted by atomic mass is 10.1. The first-order chi connectivity index (χ1) is 10.2. The molecule has 0 aliphatic rings. The van der Waals surface area contributed by atoms with Gasteiger partial charge in [0.2, 0.25) is 5.78 Å². The first-order valence-electron chi connectivity index (χ1n) is 6.51. The Kier molecular flexibility index (Phi) is 3.44. The lowest BCUT2D eigenvalue weighted by Gasteiger charge is -2.02. The van der Waals surface area contributed by atoms with Crippen LogP contribution in [0.5, 0.6) is 5.75 Å². The SMILES string of the molecule is COc1cccc(CC(=O)c2cc3cccc(F)c3o2)c1. The second-order valence-corrected chi connectivity index (χ2v) is 4.72. The number of rotatable bonds is 4. The highest BCUT2D eigenvalue weighted by Crippen LogP contribution is 2.23. The Bertz CT molecular complexity index is 805. The molecular formula is C17H13FO3. The van der Waals surface area contributed by atoms with E-state index in [9.17, 15) is 9.18 Å². The number of ether oxygens (including phenoxy) is 1. The highest BCUT2D eigenvalue weighted by molar-refractivity contribution is 5.98. The Morgan fingerprint density at radius 1 is 1.19 bits per heavy atom. The molecule has 0 aliphatic heterocycles. The normalized spacial score (nSPS) is 10.8. The maximum atomic E-state index is 13.6. The number of halogens is 1. The van der Waals surface area contributed by atoms with E-state index in [1.54, 1.807) is 31.4 Å². The smallest absolute Gasteiger partial charge is 0.202 e. The number of ketones is 1. The maximum absolute atomic E-state index is 13.6. The molecule has 21 heavy (non-hydrogen) atoms. The van der Waals surface area contributed by atoms with Crippen LogP contribution in [0.25, 0.3) is 11.0 Å². The molecule has 0 spiro atoms. The molecule has 3 aromatic rings. The number of Topliss-reactive ketones (excluding diaryl/α,β-unsaturated/α-hetero) is 1. The number of furan rings is 1. The van der Waals surface area contributed by atoms with E-state index < -0.39 is 5.82 Å². The summed E-state index contributed by atoms with van der Waals surface area (Å²) in [5.41, 5.74) is 0.937. The maximum Gasteiger partial charge on any atom is 0.202 e. The van der Waals surface area contributed by atoms with Gasteiger partial charge >= 0.3 is 0 Å². The molecule has 0 bridgehead atoms. The van der Waals surface area contributed by atoms with Gasteiger partial charge < -0.3 is 9.15 Å². The molecule has 0 unspecified atom stereocenters. The molecule has 106 valence electrons. The van der Waals surface area contributed by atoms with Crippen LogP contribution in [0.15, 0.2) is 52.9 Å². The Morgan fingerprint density at radius 3 is 2.76 bits per heavy atom. The number of carbonyl (C=O) groups excluding carboxylic acids is 1. The monoisotopic (exact) mass is 284 g/mol. The van der Waals surface area contributed by atoms with Gasteiger partial charge in [0, 0.05) is 11.8 Å². The Morgan fingerprint density at radius 2 is 2.00 bits per heavy atom. The first kappa shape index (κ1) is 13.4. The first-order valence-corrected chi connectivity index (χ1v) is 6.51. The number of hydrogen-bond acceptors (Lipinski definition) is 3. The van der Waals surface area contributed by atoms with Gasteiger partial charge in [0.15, 0.2) is 17.2 Å². The summed E-state index contributed by atoms with van der Waals surface area (Å²) in [5.74, 6) is 0.195. The Labute approximate surface area is 120 Å². The summed E-state index contributed by atoms with van der Waals surface area (Å²) in [6, 6.07) is 13.4. The zero-order chi connectivity index (χ0) is 14.8. The molecular weight excluding hydrogens is 271 g/mol. The van der Waals surface area contributed by atoms with Crippen LogP contribution >= 0.6 is 0 Å². The Balaban J connectivity index is 1.88. The van der Waals surface area contributed by atoms with Crippen molar-refractivity contribution in [2.24, 2.45) is 0 Å². The summed E-state index contributed by atoms with van der Waals surface area (Å²) in [6.45, 7) is 0. The molecule has 0 amide bonds. The largest absolute Gasteiger partial charge is 0.497 e. The molecule has 4 heteroatoms. The topological polar surface area (TPSA) is 39.4 Å². The molecule has 1 aromatic heterocycles. The average Bonchev–Trinajstić information content (AvgIpc) is 2.93. The van der Waals surface area contributed by atoms with Gasteiger partial charge in [-0.15, -0.1) is 0 Å². The summed E-state index contributed by atoms with van der Waals surface area (Å²) < 4.78 is 24.0. The van der Waals surface area contributed by atoms with E-state index in [1.165, 1.54) is 6.07 Å². The molecule has 0 aliphatic carbocycles. The molecule has 3 nitrogen and oxygen atoms in total. The second kappa shape index (κ2) is 5.40. The number of fused-ring (bicyclic) bond motifs is 1. The minimum absolute atomic E-state index is 0.117. The third kappa shape index (κ3) is 2.65. The highest BCUT2D eigenvalue weighted by atomic mass is 19.1. The summed E-state index contributed by atoms with van der Waals surface area (Å²) in [5, 5.41) is 0.587. The van der Waals surface area contributed by atoms with Crippen molar-refractivity contribution in [2.75, 3.05) is 7.11 Å². The van der Waals surface area contributed by atoms with Crippen LogP contribution in [0.4, 0.5) is 4.39 Å². The molecule has 0 fully saturated rings. The number of para-hydroxylation sites is 1. The predicted molar refractivity (Wildman–Crippen MR) is 77.2 cm³/mol. The number of methoxy groups -OCH3 is 1. The van der Waals surface area contributed by atoms with E-state index in [0.29, 0.717) is 11.1 Å². The molecule has 1 heterocycles. The third-order valence-corrected chi connectivity index (χ3v) is 3.27. The van der Waals surface area contributed by atoms with Gasteiger partial charge in [-0.2, -0.15) is 0 Å². The Hall–Kier alpha value is -2.62. The minimum Gasteiger partial charge on any atom is -0.497 e. The highest BCUT2D eigenvalue weighted by Gasteiger charge is 2.15. The van der Waals surface area contributed by atoms with Crippen LogP contribution in [-0.2, 0) is 6.42 Å². The van der Waals surface area contributed by atoms with Gasteiger partial charge in [0.25, 0.3) is 0 Å². The van der Waals surface area contributed by atoms with Gasteiger partial charge in [-0.3, -0.25) is 4.79 Å². The molecule has 0 saturated carbocycles. The molecule has 0 radical (unpaired) electrons. The zero-order valence-corrected chi connectivity index (χ0v) is 11.4. The van der Waals surface area contributed by atoms with Crippen molar-refractivity contribution >= 4 is 16.8 Å². The zero-order valence-electron chi connectivity index (χ0n) is 11.4. The third-order valence-electron chi connectivity index (χ3n) is 3.27. The summed E-state index contributed by atoms with van der Waals surface area (Å²) in [4.78, 5) is 12.2. The summed E-state index contributed by atoms with van der Waals surface area (Å²) >= 11 is 0.